The highest BCUT2D eigenvalue weighted by Crippen LogP contribution is 2.35. The van der Waals surface area contributed by atoms with Crippen LogP contribution in [0.1, 0.15) is 39.2 Å². The van der Waals surface area contributed by atoms with Crippen LogP contribution in [0.3, 0.4) is 0 Å². The van der Waals surface area contributed by atoms with Gasteiger partial charge in [0.05, 0.1) is 16.0 Å². The molecule has 33 heavy (non-hydrogen) atoms. The van der Waals surface area contributed by atoms with Crippen molar-refractivity contribution in [1.29, 1.82) is 0 Å². The summed E-state index contributed by atoms with van der Waals surface area (Å²) in [6, 6.07) is 12.5. The van der Waals surface area contributed by atoms with Gasteiger partial charge in [-0.25, -0.2) is 4.98 Å². The van der Waals surface area contributed by atoms with Gasteiger partial charge in [-0.1, -0.05) is 41.9 Å². The first-order valence-corrected chi connectivity index (χ1v) is 11.7. The molecule has 1 fully saturated rings. The van der Waals surface area contributed by atoms with Gasteiger partial charge in [-0.2, -0.15) is 13.2 Å². The second-order valence-corrected chi connectivity index (χ2v) is 10.2. The summed E-state index contributed by atoms with van der Waals surface area (Å²) in [5.74, 6) is 0.539. The van der Waals surface area contributed by atoms with Crippen LogP contribution in [0.15, 0.2) is 53.5 Å². The summed E-state index contributed by atoms with van der Waals surface area (Å²) in [5.41, 5.74) is 0.508. The minimum absolute atomic E-state index is 0.0295. The molecule has 1 saturated heterocycles. The van der Waals surface area contributed by atoms with Crippen LogP contribution in [0.25, 0.3) is 10.4 Å². The van der Waals surface area contributed by atoms with Gasteiger partial charge in [-0.15, -0.1) is 0 Å². The molecule has 2 aromatic heterocycles. The molecule has 0 radical (unpaired) electrons. The van der Waals surface area contributed by atoms with Crippen LogP contribution in [-0.4, -0.2) is 28.1 Å². The predicted molar refractivity (Wildman–Crippen MR) is 127 cm³/mol. The van der Waals surface area contributed by atoms with E-state index in [0.717, 1.165) is 35.5 Å². The molecule has 176 valence electrons. The lowest BCUT2D eigenvalue weighted by Gasteiger charge is -2.33. The number of halogens is 3. The molecule has 0 unspecified atom stereocenters. The Kier molecular flexibility index (Phi) is 6.26. The summed E-state index contributed by atoms with van der Waals surface area (Å²) in [6.07, 6.45) is -2.00. The number of anilines is 2. The highest BCUT2D eigenvalue weighted by Gasteiger charge is 2.31. The van der Waals surface area contributed by atoms with E-state index in [9.17, 15) is 18.0 Å². The van der Waals surface area contributed by atoms with Gasteiger partial charge in [0, 0.05) is 25.3 Å². The highest BCUT2D eigenvalue weighted by atomic mass is 32.1. The van der Waals surface area contributed by atoms with E-state index in [1.807, 2.05) is 56.0 Å². The lowest BCUT2D eigenvalue weighted by atomic mass is 10.0. The number of alkyl halides is 3. The predicted octanol–water partition coefficient (Wildman–Crippen LogP) is 5.83. The Morgan fingerprint density at radius 3 is 2.24 bits per heavy atom. The third-order valence-electron chi connectivity index (χ3n) is 5.70. The Bertz CT molecular complexity index is 1140. The first kappa shape index (κ1) is 23.4. The average Bonchev–Trinajstić information content (AvgIpc) is 3.11. The topological polar surface area (TPSA) is 50.2 Å². The minimum atomic E-state index is -4.39. The van der Waals surface area contributed by atoms with Gasteiger partial charge in [0.15, 0.2) is 0 Å². The molecule has 0 atom stereocenters. The number of aromatic nitrogens is 2. The molecular formula is C24H27F3N4OS. The maximum absolute atomic E-state index is 13.3. The number of pyridine rings is 1. The number of hydrogen-bond donors (Lipinski definition) is 1. The van der Waals surface area contributed by atoms with E-state index in [4.69, 9.17) is 0 Å². The number of benzene rings is 1. The number of nitrogens with zero attached hydrogens (tertiary/aromatic N) is 3. The van der Waals surface area contributed by atoms with E-state index in [1.54, 1.807) is 3.96 Å². The van der Waals surface area contributed by atoms with Crippen LogP contribution in [0.5, 0.6) is 0 Å². The molecule has 1 aliphatic rings. The van der Waals surface area contributed by atoms with Crippen molar-refractivity contribution in [3.8, 4) is 10.4 Å². The monoisotopic (exact) mass is 476 g/mol. The van der Waals surface area contributed by atoms with Crippen molar-refractivity contribution in [1.82, 2.24) is 8.94 Å². The van der Waals surface area contributed by atoms with Crippen molar-refractivity contribution in [3.63, 3.8) is 0 Å². The summed E-state index contributed by atoms with van der Waals surface area (Å²) in [6.45, 7) is 7.33. The molecule has 0 saturated carbocycles. The number of hydrogen-bond acceptors (Lipinski definition) is 5. The summed E-state index contributed by atoms with van der Waals surface area (Å²) in [5, 5.41) is 3.49. The zero-order valence-electron chi connectivity index (χ0n) is 18.8. The van der Waals surface area contributed by atoms with Crippen LogP contribution in [0, 0.1) is 0 Å². The Balaban J connectivity index is 1.51. The van der Waals surface area contributed by atoms with Crippen LogP contribution >= 0.6 is 11.5 Å². The number of rotatable bonds is 4. The molecular weight excluding hydrogens is 449 g/mol. The van der Waals surface area contributed by atoms with Gasteiger partial charge in [0.1, 0.15) is 11.5 Å². The Labute approximate surface area is 195 Å². The molecule has 0 spiro atoms. The van der Waals surface area contributed by atoms with Crippen molar-refractivity contribution in [2.24, 2.45) is 0 Å². The first-order chi connectivity index (χ1) is 15.5. The van der Waals surface area contributed by atoms with Gasteiger partial charge in [-0.3, -0.25) is 8.75 Å². The fraction of sp³-hybridized carbons (Fsp3) is 0.417. The van der Waals surface area contributed by atoms with Crippen molar-refractivity contribution < 1.29 is 13.2 Å². The van der Waals surface area contributed by atoms with E-state index in [-0.39, 0.29) is 17.1 Å². The Morgan fingerprint density at radius 2 is 1.70 bits per heavy atom. The van der Waals surface area contributed by atoms with E-state index in [2.05, 4.69) is 10.3 Å². The van der Waals surface area contributed by atoms with E-state index < -0.39 is 11.7 Å². The molecule has 0 aliphatic carbocycles. The molecule has 3 heterocycles. The number of piperidine rings is 1. The van der Waals surface area contributed by atoms with Crippen molar-refractivity contribution in [3.05, 3.63) is 64.6 Å². The molecule has 1 aliphatic heterocycles. The maximum Gasteiger partial charge on any atom is 0.417 e. The second kappa shape index (κ2) is 8.85. The standard InChI is InChI=1S/C24H27F3N4OS/c1-23(2,3)31-22(32)20(21(33-31)16-7-5-4-6-8-16)29-18-11-13-30(14-12-18)19-10-9-17(15-28-19)24(25,26)27/h4-10,15,18,29H,11-14H2,1-3H3. The van der Waals surface area contributed by atoms with E-state index >= 15 is 0 Å². The van der Waals surface area contributed by atoms with E-state index in [0.29, 0.717) is 24.6 Å². The normalized spacial score (nSPS) is 15.6. The largest absolute Gasteiger partial charge is 0.417 e. The second-order valence-electron chi connectivity index (χ2n) is 9.24. The molecule has 0 bridgehead atoms. The van der Waals surface area contributed by atoms with Gasteiger partial charge in [0.25, 0.3) is 5.56 Å². The quantitative estimate of drug-likeness (QED) is 0.515. The van der Waals surface area contributed by atoms with Crippen LogP contribution < -0.4 is 15.8 Å². The Morgan fingerprint density at radius 1 is 1.03 bits per heavy atom. The molecule has 1 N–H and O–H groups in total. The average molecular weight is 477 g/mol. The van der Waals surface area contributed by atoms with Gasteiger partial charge in [-0.05, 0) is 51.3 Å². The van der Waals surface area contributed by atoms with Crippen molar-refractivity contribution >= 4 is 23.0 Å². The maximum atomic E-state index is 13.3. The molecule has 4 rings (SSSR count). The van der Waals surface area contributed by atoms with E-state index in [1.165, 1.54) is 17.6 Å². The molecule has 3 aromatic rings. The molecule has 9 heteroatoms. The van der Waals surface area contributed by atoms with Gasteiger partial charge < -0.3 is 10.2 Å². The first-order valence-electron chi connectivity index (χ1n) is 10.9. The minimum Gasteiger partial charge on any atom is -0.376 e. The summed E-state index contributed by atoms with van der Waals surface area (Å²) < 4.78 is 40.2. The molecule has 0 amide bonds. The van der Waals surface area contributed by atoms with Crippen molar-refractivity contribution in [2.75, 3.05) is 23.3 Å². The van der Waals surface area contributed by atoms with Crippen LogP contribution in [0.2, 0.25) is 0 Å². The van der Waals surface area contributed by atoms with Gasteiger partial charge >= 0.3 is 6.18 Å². The summed E-state index contributed by atoms with van der Waals surface area (Å²) in [4.78, 5) is 20.2. The summed E-state index contributed by atoms with van der Waals surface area (Å²) >= 11 is 1.46. The lowest BCUT2D eigenvalue weighted by molar-refractivity contribution is -0.137. The fourth-order valence-electron chi connectivity index (χ4n) is 3.93. The zero-order chi connectivity index (χ0) is 23.8. The third kappa shape index (κ3) is 5.08. The van der Waals surface area contributed by atoms with Crippen LogP contribution in [-0.2, 0) is 11.7 Å². The lowest BCUT2D eigenvalue weighted by Crippen LogP contribution is -2.40. The molecule has 5 nitrogen and oxygen atoms in total. The SMILES string of the molecule is CC(C)(C)n1sc(-c2ccccc2)c(NC2CCN(c3ccc(C(F)(F)F)cn3)CC2)c1=O. The zero-order valence-corrected chi connectivity index (χ0v) is 19.6. The number of nitrogens with one attached hydrogen (secondary N) is 1. The Hall–Kier alpha value is -2.81. The smallest absolute Gasteiger partial charge is 0.376 e. The molecule has 1 aromatic carbocycles. The third-order valence-corrected chi connectivity index (χ3v) is 7.21. The van der Waals surface area contributed by atoms with Gasteiger partial charge in [0.2, 0.25) is 0 Å². The summed E-state index contributed by atoms with van der Waals surface area (Å²) in [7, 11) is 0. The van der Waals surface area contributed by atoms with Crippen LogP contribution in [0.4, 0.5) is 24.7 Å². The highest BCUT2D eigenvalue weighted by molar-refractivity contribution is 7.11. The fourth-order valence-corrected chi connectivity index (χ4v) is 5.04. The van der Waals surface area contributed by atoms with Crippen molar-refractivity contribution in [2.45, 2.75) is 51.4 Å².